The van der Waals surface area contributed by atoms with Gasteiger partial charge in [-0.2, -0.15) is 0 Å². The summed E-state index contributed by atoms with van der Waals surface area (Å²) in [6.45, 7) is 0.908. The fraction of sp³-hybridized carbons (Fsp3) is 0.400. The first-order valence-corrected chi connectivity index (χ1v) is 5.47. The third-order valence-electron chi connectivity index (χ3n) is 2.08. The fourth-order valence-electron chi connectivity index (χ4n) is 1.34. The van der Waals surface area contributed by atoms with Gasteiger partial charge in [-0.15, -0.1) is 0 Å². The SMILES string of the molecule is NCC(NCCO)c1ccc(F)cc1Br. The van der Waals surface area contributed by atoms with Crippen molar-refractivity contribution in [3.05, 3.63) is 34.1 Å². The number of halogens is 2. The Morgan fingerprint density at radius 2 is 2.27 bits per heavy atom. The topological polar surface area (TPSA) is 58.3 Å². The molecular weight excluding hydrogens is 263 g/mol. The molecule has 0 radical (unpaired) electrons. The highest BCUT2D eigenvalue weighted by Gasteiger charge is 2.12. The van der Waals surface area contributed by atoms with Gasteiger partial charge >= 0.3 is 0 Å². The predicted molar refractivity (Wildman–Crippen MR) is 61.0 cm³/mol. The minimum atomic E-state index is -0.288. The number of aliphatic hydroxyl groups excluding tert-OH is 1. The van der Waals surface area contributed by atoms with Gasteiger partial charge in [-0.25, -0.2) is 4.39 Å². The monoisotopic (exact) mass is 276 g/mol. The zero-order chi connectivity index (χ0) is 11.3. The molecule has 0 bridgehead atoms. The van der Waals surface area contributed by atoms with Crippen molar-refractivity contribution >= 4 is 15.9 Å². The number of nitrogens with one attached hydrogen (secondary N) is 1. The summed E-state index contributed by atoms with van der Waals surface area (Å²) in [5.74, 6) is -0.288. The van der Waals surface area contributed by atoms with Gasteiger partial charge in [-0.1, -0.05) is 22.0 Å². The van der Waals surface area contributed by atoms with E-state index < -0.39 is 0 Å². The van der Waals surface area contributed by atoms with Gasteiger partial charge < -0.3 is 16.2 Å². The quantitative estimate of drug-likeness (QED) is 0.757. The maximum Gasteiger partial charge on any atom is 0.124 e. The van der Waals surface area contributed by atoms with Gasteiger partial charge in [0.25, 0.3) is 0 Å². The van der Waals surface area contributed by atoms with Crippen LogP contribution in [0.15, 0.2) is 22.7 Å². The normalized spacial score (nSPS) is 12.8. The Bertz CT molecular complexity index is 322. The van der Waals surface area contributed by atoms with Crippen LogP contribution in [0.25, 0.3) is 0 Å². The van der Waals surface area contributed by atoms with Crippen molar-refractivity contribution in [3.8, 4) is 0 Å². The molecule has 5 heteroatoms. The third-order valence-corrected chi connectivity index (χ3v) is 2.76. The second-order valence-electron chi connectivity index (χ2n) is 3.13. The van der Waals surface area contributed by atoms with Crippen molar-refractivity contribution in [1.82, 2.24) is 5.32 Å². The molecule has 0 aliphatic heterocycles. The molecule has 1 aromatic carbocycles. The van der Waals surface area contributed by atoms with E-state index in [1.165, 1.54) is 12.1 Å². The Balaban J connectivity index is 2.81. The number of aliphatic hydroxyl groups is 1. The molecule has 0 saturated carbocycles. The van der Waals surface area contributed by atoms with E-state index in [0.717, 1.165) is 5.56 Å². The second-order valence-corrected chi connectivity index (χ2v) is 3.99. The number of nitrogens with two attached hydrogens (primary N) is 1. The summed E-state index contributed by atoms with van der Waals surface area (Å²) < 4.78 is 13.5. The molecular formula is C10H14BrFN2O. The summed E-state index contributed by atoms with van der Waals surface area (Å²) in [5.41, 5.74) is 6.49. The fourth-order valence-corrected chi connectivity index (χ4v) is 1.97. The molecule has 4 N–H and O–H groups in total. The molecule has 0 heterocycles. The van der Waals surface area contributed by atoms with Crippen LogP contribution in [0.4, 0.5) is 4.39 Å². The average molecular weight is 277 g/mol. The van der Waals surface area contributed by atoms with Crippen LogP contribution in [-0.2, 0) is 0 Å². The van der Waals surface area contributed by atoms with E-state index in [-0.39, 0.29) is 18.5 Å². The highest BCUT2D eigenvalue weighted by atomic mass is 79.9. The Morgan fingerprint density at radius 3 is 2.80 bits per heavy atom. The molecule has 84 valence electrons. The van der Waals surface area contributed by atoms with E-state index in [9.17, 15) is 4.39 Å². The number of hydrogen-bond donors (Lipinski definition) is 3. The lowest BCUT2D eigenvalue weighted by Gasteiger charge is -2.18. The lowest BCUT2D eigenvalue weighted by atomic mass is 10.1. The van der Waals surface area contributed by atoms with E-state index in [2.05, 4.69) is 21.2 Å². The first-order valence-electron chi connectivity index (χ1n) is 4.68. The molecule has 0 fully saturated rings. The maximum absolute atomic E-state index is 12.8. The molecule has 0 spiro atoms. The minimum Gasteiger partial charge on any atom is -0.395 e. The Hall–Kier alpha value is -0.490. The standard InChI is InChI=1S/C10H14BrFN2O/c11-9-5-7(12)1-2-8(9)10(6-13)14-3-4-15/h1-2,5,10,14-15H,3-4,6,13H2. The molecule has 3 nitrogen and oxygen atoms in total. The van der Waals surface area contributed by atoms with E-state index in [4.69, 9.17) is 10.8 Å². The van der Waals surface area contributed by atoms with E-state index in [0.29, 0.717) is 17.6 Å². The molecule has 15 heavy (non-hydrogen) atoms. The lowest BCUT2D eigenvalue weighted by Crippen LogP contribution is -2.30. The van der Waals surface area contributed by atoms with Crippen LogP contribution in [0.5, 0.6) is 0 Å². The molecule has 0 aliphatic rings. The summed E-state index contributed by atoms with van der Waals surface area (Å²) in [7, 11) is 0. The molecule has 1 atom stereocenters. The summed E-state index contributed by atoms with van der Waals surface area (Å²) >= 11 is 3.28. The second kappa shape index (κ2) is 6.17. The lowest BCUT2D eigenvalue weighted by molar-refractivity contribution is 0.285. The minimum absolute atomic E-state index is 0.0509. The smallest absolute Gasteiger partial charge is 0.124 e. The number of benzene rings is 1. The first kappa shape index (κ1) is 12.6. The van der Waals surface area contributed by atoms with Crippen molar-refractivity contribution in [2.45, 2.75) is 6.04 Å². The molecule has 1 aromatic rings. The summed E-state index contributed by atoms with van der Waals surface area (Å²) in [4.78, 5) is 0. The Kier molecular flexibility index (Phi) is 5.17. The largest absolute Gasteiger partial charge is 0.395 e. The maximum atomic E-state index is 12.8. The predicted octanol–water partition coefficient (Wildman–Crippen LogP) is 1.17. The third kappa shape index (κ3) is 3.53. The van der Waals surface area contributed by atoms with Gasteiger partial charge in [0.2, 0.25) is 0 Å². The van der Waals surface area contributed by atoms with Gasteiger partial charge in [0.15, 0.2) is 0 Å². The van der Waals surface area contributed by atoms with Gasteiger partial charge in [0.1, 0.15) is 5.82 Å². The number of rotatable bonds is 5. The van der Waals surface area contributed by atoms with E-state index in [1.807, 2.05) is 0 Å². The van der Waals surface area contributed by atoms with Gasteiger partial charge in [-0.3, -0.25) is 0 Å². The zero-order valence-electron chi connectivity index (χ0n) is 8.21. The summed E-state index contributed by atoms with van der Waals surface area (Å²) in [6.07, 6.45) is 0. The highest BCUT2D eigenvalue weighted by molar-refractivity contribution is 9.10. The van der Waals surface area contributed by atoms with Crippen molar-refractivity contribution in [3.63, 3.8) is 0 Å². The van der Waals surface area contributed by atoms with Crippen molar-refractivity contribution in [2.75, 3.05) is 19.7 Å². The molecule has 1 rings (SSSR count). The summed E-state index contributed by atoms with van der Waals surface area (Å²) in [5, 5.41) is 11.8. The number of hydrogen-bond acceptors (Lipinski definition) is 3. The van der Waals surface area contributed by atoms with Gasteiger partial charge in [-0.05, 0) is 17.7 Å². The summed E-state index contributed by atoms with van der Waals surface area (Å²) in [6, 6.07) is 4.40. The zero-order valence-corrected chi connectivity index (χ0v) is 9.80. The van der Waals surface area contributed by atoms with Gasteiger partial charge in [0, 0.05) is 23.6 Å². The first-order chi connectivity index (χ1) is 7.19. The van der Waals surface area contributed by atoms with Crippen LogP contribution in [0.2, 0.25) is 0 Å². The van der Waals surface area contributed by atoms with Crippen LogP contribution < -0.4 is 11.1 Å². The van der Waals surface area contributed by atoms with Crippen molar-refractivity contribution < 1.29 is 9.50 Å². The van der Waals surface area contributed by atoms with Crippen LogP contribution >= 0.6 is 15.9 Å². The van der Waals surface area contributed by atoms with Crippen molar-refractivity contribution in [1.29, 1.82) is 0 Å². The Labute approximate surface area is 96.6 Å². The van der Waals surface area contributed by atoms with E-state index >= 15 is 0 Å². The van der Waals surface area contributed by atoms with Gasteiger partial charge in [0.05, 0.1) is 6.61 Å². The molecule has 1 unspecified atom stereocenters. The van der Waals surface area contributed by atoms with Crippen molar-refractivity contribution in [2.24, 2.45) is 5.73 Å². The molecule has 0 amide bonds. The van der Waals surface area contributed by atoms with Crippen LogP contribution in [-0.4, -0.2) is 24.8 Å². The van der Waals surface area contributed by atoms with Crippen LogP contribution in [0, 0.1) is 5.82 Å². The molecule has 0 aliphatic carbocycles. The highest BCUT2D eigenvalue weighted by Crippen LogP contribution is 2.23. The average Bonchev–Trinajstić information content (AvgIpc) is 2.21. The van der Waals surface area contributed by atoms with E-state index in [1.54, 1.807) is 6.07 Å². The van der Waals surface area contributed by atoms with Crippen LogP contribution in [0.1, 0.15) is 11.6 Å². The molecule has 0 aromatic heterocycles. The Morgan fingerprint density at radius 1 is 1.53 bits per heavy atom. The van der Waals surface area contributed by atoms with Crippen LogP contribution in [0.3, 0.4) is 0 Å². The molecule has 0 saturated heterocycles.